The van der Waals surface area contributed by atoms with Crippen LogP contribution in [0.25, 0.3) is 0 Å². The van der Waals surface area contributed by atoms with Gasteiger partial charge in [0.05, 0.1) is 0 Å². The van der Waals surface area contributed by atoms with E-state index in [0.717, 1.165) is 25.7 Å². The minimum atomic E-state index is -0.0193. The molecule has 0 saturated heterocycles. The van der Waals surface area contributed by atoms with Crippen LogP contribution < -0.4 is 0 Å². The van der Waals surface area contributed by atoms with Crippen molar-refractivity contribution in [1.82, 2.24) is 0 Å². The van der Waals surface area contributed by atoms with Crippen LogP contribution >= 0.6 is 0 Å². The first-order chi connectivity index (χ1) is 8.87. The Hall–Kier alpha value is -1.03. The summed E-state index contributed by atoms with van der Waals surface area (Å²) >= 11 is 0. The first kappa shape index (κ1) is 14.4. The molecule has 0 amide bonds. The molecular formula is C18H26O. The zero-order valence-electron chi connectivity index (χ0n) is 12.6. The van der Waals surface area contributed by atoms with Gasteiger partial charge < -0.3 is 0 Å². The predicted molar refractivity (Wildman–Crippen MR) is 79.6 cm³/mol. The number of Topliss-reactive ketones (excluding diaryl/α,β-unsaturated/α-hetero) is 1. The Labute approximate surface area is 117 Å². The fourth-order valence-electron chi connectivity index (χ4n) is 4.87. The second-order valence-electron chi connectivity index (χ2n) is 6.97. The van der Waals surface area contributed by atoms with Crippen LogP contribution in [0.2, 0.25) is 0 Å². The summed E-state index contributed by atoms with van der Waals surface area (Å²) in [6.07, 6.45) is 12.4. The normalized spacial score (nSPS) is 42.0. The van der Waals surface area contributed by atoms with E-state index in [2.05, 4.69) is 26.3 Å². The molecule has 2 fully saturated rings. The molecule has 0 radical (unpaired) electrons. The molecule has 1 heteroatoms. The topological polar surface area (TPSA) is 17.1 Å². The molecule has 0 unspecified atom stereocenters. The molecule has 0 N–H and O–H groups in total. The Morgan fingerprint density at radius 3 is 2.53 bits per heavy atom. The summed E-state index contributed by atoms with van der Waals surface area (Å²) in [4.78, 5) is 11.9. The van der Waals surface area contributed by atoms with Gasteiger partial charge in [0.15, 0.2) is 0 Å². The molecule has 0 spiro atoms. The summed E-state index contributed by atoms with van der Waals surface area (Å²) in [6.45, 7) is 10.5. The largest absolute Gasteiger partial charge is 0.300 e. The van der Waals surface area contributed by atoms with Crippen LogP contribution in [0.15, 0.2) is 12.2 Å². The van der Waals surface area contributed by atoms with E-state index >= 15 is 0 Å². The van der Waals surface area contributed by atoms with Crippen LogP contribution in [0, 0.1) is 35.0 Å². The number of carbonyl (C=O) groups is 1. The lowest BCUT2D eigenvalue weighted by Crippen LogP contribution is -2.53. The second kappa shape index (κ2) is 4.82. The lowest BCUT2D eigenvalue weighted by atomic mass is 9.43. The van der Waals surface area contributed by atoms with E-state index in [-0.39, 0.29) is 22.7 Å². The predicted octanol–water partition coefficient (Wildman–Crippen LogP) is 4.38. The van der Waals surface area contributed by atoms with Crippen molar-refractivity contribution in [3.63, 3.8) is 0 Å². The minimum absolute atomic E-state index is 0.0193. The van der Waals surface area contributed by atoms with Crippen LogP contribution in [0.3, 0.4) is 0 Å². The van der Waals surface area contributed by atoms with Gasteiger partial charge in [-0.1, -0.05) is 25.5 Å². The van der Waals surface area contributed by atoms with Gasteiger partial charge in [-0.15, -0.1) is 12.3 Å². The Kier molecular flexibility index (Phi) is 3.65. The highest BCUT2D eigenvalue weighted by molar-refractivity contribution is 5.78. The van der Waals surface area contributed by atoms with E-state index in [0.29, 0.717) is 5.78 Å². The highest BCUT2D eigenvalue weighted by Gasteiger charge is 2.57. The van der Waals surface area contributed by atoms with Gasteiger partial charge in [-0.2, -0.15) is 0 Å². The van der Waals surface area contributed by atoms with Crippen LogP contribution in [0.5, 0.6) is 0 Å². The van der Waals surface area contributed by atoms with Crippen molar-refractivity contribution in [3.05, 3.63) is 12.2 Å². The molecule has 4 atom stereocenters. The van der Waals surface area contributed by atoms with Crippen LogP contribution in [0.1, 0.15) is 59.3 Å². The number of carbonyl (C=O) groups excluding carboxylic acids is 1. The fourth-order valence-corrected chi connectivity index (χ4v) is 4.87. The number of hydrogen-bond donors (Lipinski definition) is 0. The summed E-state index contributed by atoms with van der Waals surface area (Å²) in [5.74, 6) is 3.80. The van der Waals surface area contributed by atoms with Crippen molar-refractivity contribution >= 4 is 5.78 Å². The maximum Gasteiger partial charge on any atom is 0.132 e. The third-order valence-electron chi connectivity index (χ3n) is 6.04. The number of rotatable bonds is 2. The maximum absolute atomic E-state index is 11.9. The molecule has 0 bridgehead atoms. The van der Waals surface area contributed by atoms with Gasteiger partial charge in [0.25, 0.3) is 0 Å². The number of terminal acetylenes is 1. The Bertz CT molecular complexity index is 441. The first-order valence-electron chi connectivity index (χ1n) is 7.50. The number of hydrogen-bond acceptors (Lipinski definition) is 1. The van der Waals surface area contributed by atoms with Gasteiger partial charge in [-0.25, -0.2) is 0 Å². The van der Waals surface area contributed by atoms with Gasteiger partial charge in [0.2, 0.25) is 0 Å². The van der Waals surface area contributed by atoms with E-state index in [1.54, 1.807) is 6.92 Å². The third-order valence-corrected chi connectivity index (χ3v) is 6.04. The Balaban J connectivity index is 2.49. The molecule has 1 nitrogen and oxygen atoms in total. The molecule has 2 saturated carbocycles. The van der Waals surface area contributed by atoms with Gasteiger partial charge in [0.1, 0.15) is 5.78 Å². The molecule has 19 heavy (non-hydrogen) atoms. The second-order valence-corrected chi connectivity index (χ2v) is 6.97. The average Bonchev–Trinajstić information content (AvgIpc) is 2.36. The summed E-state index contributed by atoms with van der Waals surface area (Å²) in [5.41, 5.74) is 1.41. The molecule has 2 aliphatic rings. The van der Waals surface area contributed by atoms with E-state index in [9.17, 15) is 4.79 Å². The summed E-state index contributed by atoms with van der Waals surface area (Å²) < 4.78 is 0. The average molecular weight is 258 g/mol. The van der Waals surface area contributed by atoms with E-state index < -0.39 is 0 Å². The van der Waals surface area contributed by atoms with Gasteiger partial charge >= 0.3 is 0 Å². The highest BCUT2D eigenvalue weighted by atomic mass is 16.1. The van der Waals surface area contributed by atoms with Crippen molar-refractivity contribution in [1.29, 1.82) is 0 Å². The fraction of sp³-hybridized carbons (Fsp3) is 0.722. The smallest absolute Gasteiger partial charge is 0.132 e. The molecule has 2 aliphatic carbocycles. The van der Waals surface area contributed by atoms with Crippen LogP contribution in [0.4, 0.5) is 0 Å². The van der Waals surface area contributed by atoms with Crippen molar-refractivity contribution in [3.8, 4) is 12.3 Å². The van der Waals surface area contributed by atoms with Crippen molar-refractivity contribution in [2.75, 3.05) is 0 Å². The summed E-state index contributed by atoms with van der Waals surface area (Å²) in [5, 5.41) is 0. The SMILES string of the molecule is C#C[C@@H]1CCC[C@]2(C)CC[C@@H](C(C)=O)C[C@@]12C(=C)C. The molecule has 0 aromatic carbocycles. The zero-order valence-corrected chi connectivity index (χ0v) is 12.6. The number of allylic oxidation sites excluding steroid dienone is 1. The maximum atomic E-state index is 11.9. The molecular weight excluding hydrogens is 232 g/mol. The van der Waals surface area contributed by atoms with E-state index in [1.165, 1.54) is 18.4 Å². The van der Waals surface area contributed by atoms with Gasteiger partial charge in [-0.3, -0.25) is 4.79 Å². The summed E-state index contributed by atoms with van der Waals surface area (Å²) in [6, 6.07) is 0. The summed E-state index contributed by atoms with van der Waals surface area (Å²) in [7, 11) is 0. The van der Waals surface area contributed by atoms with Crippen molar-refractivity contribution < 1.29 is 4.79 Å². The lowest BCUT2D eigenvalue weighted by molar-refractivity contribution is -0.128. The van der Waals surface area contributed by atoms with Gasteiger partial charge in [-0.05, 0) is 51.4 Å². The minimum Gasteiger partial charge on any atom is -0.300 e. The monoisotopic (exact) mass is 258 g/mol. The van der Waals surface area contributed by atoms with Crippen LogP contribution in [-0.4, -0.2) is 5.78 Å². The molecule has 0 heterocycles. The molecule has 0 aromatic rings. The molecule has 0 aliphatic heterocycles. The molecule has 0 aromatic heterocycles. The number of ketones is 1. The third kappa shape index (κ3) is 1.97. The van der Waals surface area contributed by atoms with Crippen LogP contribution in [-0.2, 0) is 4.79 Å². The highest BCUT2D eigenvalue weighted by Crippen LogP contribution is 2.65. The lowest BCUT2D eigenvalue weighted by Gasteiger charge is -2.60. The first-order valence-corrected chi connectivity index (χ1v) is 7.50. The van der Waals surface area contributed by atoms with E-state index in [4.69, 9.17) is 6.42 Å². The Morgan fingerprint density at radius 1 is 1.32 bits per heavy atom. The van der Waals surface area contributed by atoms with E-state index in [1.807, 2.05) is 0 Å². The molecule has 2 rings (SSSR count). The van der Waals surface area contributed by atoms with Crippen molar-refractivity contribution in [2.24, 2.45) is 22.7 Å². The van der Waals surface area contributed by atoms with Crippen molar-refractivity contribution in [2.45, 2.75) is 59.3 Å². The molecule has 104 valence electrons. The van der Waals surface area contributed by atoms with Gasteiger partial charge in [0, 0.05) is 17.3 Å². The zero-order chi connectivity index (χ0) is 14.3. The standard InChI is InChI=1S/C18H26O/c1-6-16-8-7-10-17(5)11-9-15(14(4)19)12-18(16,17)13(2)3/h1,15-16H,2,7-12H2,3-5H3/t15-,16-,17-,18-/m1/s1. The quantitative estimate of drug-likeness (QED) is 0.530. The Morgan fingerprint density at radius 2 is 2.00 bits per heavy atom. The number of fused-ring (bicyclic) bond motifs is 1.